The fourth-order valence-corrected chi connectivity index (χ4v) is 2.86. The third-order valence-electron chi connectivity index (χ3n) is 3.80. The maximum absolute atomic E-state index is 12.8. The molecule has 1 atom stereocenters. The summed E-state index contributed by atoms with van der Waals surface area (Å²) in [4.78, 5) is 14.3. The van der Waals surface area contributed by atoms with Gasteiger partial charge in [0.15, 0.2) is 0 Å². The molecular formula is C20H28F3NO5S. The number of amides is 1. The highest BCUT2D eigenvalue weighted by Gasteiger charge is 2.47. The molecule has 0 aliphatic carbocycles. The van der Waals surface area contributed by atoms with Crippen molar-refractivity contribution < 1.29 is 35.3 Å². The second-order valence-corrected chi connectivity index (χ2v) is 9.55. The van der Waals surface area contributed by atoms with Crippen LogP contribution in [0.2, 0.25) is 0 Å². The molecule has 0 unspecified atom stereocenters. The van der Waals surface area contributed by atoms with Gasteiger partial charge in [-0.2, -0.15) is 21.6 Å². The van der Waals surface area contributed by atoms with E-state index in [9.17, 15) is 26.4 Å². The Morgan fingerprint density at radius 3 is 2.17 bits per heavy atom. The van der Waals surface area contributed by atoms with Crippen molar-refractivity contribution in [1.29, 1.82) is 0 Å². The van der Waals surface area contributed by atoms with Crippen molar-refractivity contribution in [2.24, 2.45) is 5.92 Å². The summed E-state index contributed by atoms with van der Waals surface area (Å²) in [6.07, 6.45) is 2.00. The summed E-state index contributed by atoms with van der Waals surface area (Å²) in [5, 5.41) is 0. The molecule has 0 aliphatic rings. The number of hydrogen-bond donors (Lipinski definition) is 0. The van der Waals surface area contributed by atoms with Crippen LogP contribution in [-0.2, 0) is 25.6 Å². The molecule has 0 heterocycles. The van der Waals surface area contributed by atoms with Gasteiger partial charge in [-0.1, -0.05) is 56.3 Å². The summed E-state index contributed by atoms with van der Waals surface area (Å²) in [5.74, 6) is -0.142. The van der Waals surface area contributed by atoms with Crippen LogP contribution in [-0.4, -0.2) is 43.2 Å². The quantitative estimate of drug-likeness (QED) is 0.320. The van der Waals surface area contributed by atoms with E-state index < -0.39 is 40.0 Å². The van der Waals surface area contributed by atoms with E-state index >= 15 is 0 Å². The SMILES string of the molecule is CC(C)[C@H](/C=C/COS(=O)(=O)C(F)(F)F)N(Cc1ccccc1)C(=O)OC(C)(C)C. The maximum Gasteiger partial charge on any atom is 0.523 e. The Morgan fingerprint density at radius 2 is 1.70 bits per heavy atom. The largest absolute Gasteiger partial charge is 0.523 e. The fourth-order valence-electron chi connectivity index (χ4n) is 2.47. The van der Waals surface area contributed by atoms with Crippen molar-refractivity contribution in [3.8, 4) is 0 Å². The Bertz CT molecular complexity index is 815. The molecule has 0 N–H and O–H groups in total. The van der Waals surface area contributed by atoms with Crippen molar-refractivity contribution in [3.63, 3.8) is 0 Å². The van der Waals surface area contributed by atoms with Crippen LogP contribution in [0.15, 0.2) is 42.5 Å². The summed E-state index contributed by atoms with van der Waals surface area (Å²) in [7, 11) is -5.68. The maximum atomic E-state index is 12.8. The smallest absolute Gasteiger partial charge is 0.444 e. The molecule has 1 rings (SSSR count). The van der Waals surface area contributed by atoms with Crippen molar-refractivity contribution in [2.45, 2.75) is 58.3 Å². The zero-order chi connectivity index (χ0) is 23.2. The molecule has 0 aliphatic heterocycles. The Hall–Kier alpha value is -2.07. The predicted molar refractivity (Wildman–Crippen MR) is 107 cm³/mol. The highest BCUT2D eigenvalue weighted by molar-refractivity contribution is 7.87. The van der Waals surface area contributed by atoms with E-state index in [2.05, 4.69) is 4.18 Å². The Balaban J connectivity index is 3.07. The first-order valence-corrected chi connectivity index (χ1v) is 10.7. The van der Waals surface area contributed by atoms with Crippen LogP contribution >= 0.6 is 0 Å². The fraction of sp³-hybridized carbons (Fsp3) is 0.550. The van der Waals surface area contributed by atoms with Gasteiger partial charge in [-0.05, 0) is 32.3 Å². The van der Waals surface area contributed by atoms with E-state index in [1.54, 1.807) is 20.8 Å². The van der Waals surface area contributed by atoms with Crippen LogP contribution in [0, 0.1) is 5.92 Å². The van der Waals surface area contributed by atoms with Gasteiger partial charge in [-0.25, -0.2) is 4.79 Å². The molecule has 0 radical (unpaired) electrons. The van der Waals surface area contributed by atoms with Gasteiger partial charge in [-0.3, -0.25) is 9.08 Å². The van der Waals surface area contributed by atoms with Crippen molar-refractivity contribution >= 4 is 16.2 Å². The zero-order valence-corrected chi connectivity index (χ0v) is 18.5. The highest BCUT2D eigenvalue weighted by Crippen LogP contribution is 2.25. The molecule has 0 saturated carbocycles. The molecule has 10 heteroatoms. The molecule has 6 nitrogen and oxygen atoms in total. The van der Waals surface area contributed by atoms with Crippen molar-refractivity contribution in [2.75, 3.05) is 6.61 Å². The summed E-state index contributed by atoms with van der Waals surface area (Å²) < 4.78 is 68.6. The van der Waals surface area contributed by atoms with E-state index in [0.717, 1.165) is 11.6 Å². The number of halogens is 3. The Morgan fingerprint density at radius 1 is 1.13 bits per heavy atom. The van der Waals surface area contributed by atoms with Crippen LogP contribution in [0.5, 0.6) is 0 Å². The lowest BCUT2D eigenvalue weighted by Gasteiger charge is -2.34. The average Bonchev–Trinajstić information content (AvgIpc) is 2.58. The number of carbonyl (C=O) groups excluding carboxylic acids is 1. The molecule has 1 amide bonds. The number of hydrogen-bond acceptors (Lipinski definition) is 5. The minimum atomic E-state index is -5.68. The first-order valence-electron chi connectivity index (χ1n) is 9.30. The average molecular weight is 452 g/mol. The van der Waals surface area contributed by atoms with Gasteiger partial charge in [0.2, 0.25) is 0 Å². The normalized spacial score (nSPS) is 14.2. The van der Waals surface area contributed by atoms with Crippen LogP contribution in [0.25, 0.3) is 0 Å². The number of benzene rings is 1. The minimum absolute atomic E-state index is 0.142. The van der Waals surface area contributed by atoms with E-state index in [1.165, 1.54) is 11.0 Å². The summed E-state index contributed by atoms with van der Waals surface area (Å²) in [5.41, 5.74) is -5.41. The zero-order valence-electron chi connectivity index (χ0n) is 17.6. The third-order valence-corrected chi connectivity index (χ3v) is 4.82. The summed E-state index contributed by atoms with van der Waals surface area (Å²) >= 11 is 0. The Kier molecular flexibility index (Phi) is 8.91. The van der Waals surface area contributed by atoms with Gasteiger partial charge in [0.1, 0.15) is 5.60 Å². The van der Waals surface area contributed by atoms with Crippen molar-refractivity contribution in [3.05, 3.63) is 48.0 Å². The number of nitrogens with zero attached hydrogens (tertiary/aromatic N) is 1. The highest BCUT2D eigenvalue weighted by atomic mass is 32.2. The van der Waals surface area contributed by atoms with Gasteiger partial charge >= 0.3 is 21.7 Å². The molecule has 0 spiro atoms. The van der Waals surface area contributed by atoms with Gasteiger partial charge in [-0.15, -0.1) is 0 Å². The van der Waals surface area contributed by atoms with Gasteiger partial charge in [0.25, 0.3) is 0 Å². The second kappa shape index (κ2) is 10.3. The number of rotatable bonds is 8. The molecule has 1 aromatic rings. The molecule has 0 fully saturated rings. The van der Waals surface area contributed by atoms with Crippen LogP contribution < -0.4 is 0 Å². The number of carbonyl (C=O) groups is 1. The summed E-state index contributed by atoms with van der Waals surface area (Å²) in [6, 6.07) is 8.56. The van der Waals surface area contributed by atoms with E-state index in [1.807, 2.05) is 44.2 Å². The topological polar surface area (TPSA) is 72.9 Å². The lowest BCUT2D eigenvalue weighted by molar-refractivity contribution is -0.0535. The van der Waals surface area contributed by atoms with Crippen molar-refractivity contribution in [1.82, 2.24) is 4.90 Å². The first-order chi connectivity index (χ1) is 13.6. The van der Waals surface area contributed by atoms with E-state index in [4.69, 9.17) is 4.74 Å². The van der Waals surface area contributed by atoms with Crippen LogP contribution in [0.4, 0.5) is 18.0 Å². The molecule has 0 saturated heterocycles. The molecule has 0 aromatic heterocycles. The minimum Gasteiger partial charge on any atom is -0.444 e. The molecule has 170 valence electrons. The first kappa shape index (κ1) is 26.0. The lowest BCUT2D eigenvalue weighted by Crippen LogP contribution is -2.44. The van der Waals surface area contributed by atoms with Gasteiger partial charge in [0, 0.05) is 6.54 Å². The molecule has 1 aromatic carbocycles. The van der Waals surface area contributed by atoms with E-state index in [-0.39, 0.29) is 12.5 Å². The standard InChI is InChI=1S/C20H28F3NO5S/c1-15(2)17(12-9-13-28-30(26,27)20(21,22)23)24(18(25)29-19(3,4)5)14-16-10-7-6-8-11-16/h6-12,15,17H,13-14H2,1-5H3/b12-9+/t17-/m0/s1. The van der Waals surface area contributed by atoms with Crippen LogP contribution in [0.1, 0.15) is 40.2 Å². The van der Waals surface area contributed by atoms with E-state index in [0.29, 0.717) is 0 Å². The number of alkyl halides is 3. The second-order valence-electron chi connectivity index (χ2n) is 7.94. The van der Waals surface area contributed by atoms with Gasteiger partial charge < -0.3 is 4.74 Å². The molecular weight excluding hydrogens is 423 g/mol. The Labute approximate surface area is 175 Å². The third kappa shape index (κ3) is 8.35. The lowest BCUT2D eigenvalue weighted by atomic mass is 10.0. The predicted octanol–water partition coefficient (Wildman–Crippen LogP) is 4.87. The summed E-state index contributed by atoms with van der Waals surface area (Å²) in [6.45, 7) is 8.21. The molecule has 0 bridgehead atoms. The monoisotopic (exact) mass is 451 g/mol. The van der Waals surface area contributed by atoms with Gasteiger partial charge in [0.05, 0.1) is 12.6 Å². The molecule has 30 heavy (non-hydrogen) atoms. The number of ether oxygens (including phenoxy) is 1. The van der Waals surface area contributed by atoms with Crippen LogP contribution in [0.3, 0.4) is 0 Å².